The summed E-state index contributed by atoms with van der Waals surface area (Å²) < 4.78 is 1.31. The third-order valence-corrected chi connectivity index (χ3v) is 5.36. The van der Waals surface area contributed by atoms with E-state index < -0.39 is 0 Å². The van der Waals surface area contributed by atoms with Crippen LogP contribution in [-0.2, 0) is 11.3 Å². The third kappa shape index (κ3) is 4.02. The van der Waals surface area contributed by atoms with E-state index in [1.54, 1.807) is 18.2 Å². The Morgan fingerprint density at radius 2 is 1.73 bits per heavy atom. The molecule has 0 radical (unpaired) electrons. The number of nitrogens with one attached hydrogen (secondary N) is 1. The zero-order chi connectivity index (χ0) is 21.3. The van der Waals surface area contributed by atoms with Crippen LogP contribution >= 0.6 is 0 Å². The monoisotopic (exact) mass is 407 g/mol. The van der Waals surface area contributed by atoms with E-state index in [1.807, 2.05) is 19.9 Å². The van der Waals surface area contributed by atoms with Gasteiger partial charge in [-0.25, -0.2) is 15.0 Å². The Bertz CT molecular complexity index is 1130. The number of aryl methyl sites for hydroxylation is 2. The summed E-state index contributed by atoms with van der Waals surface area (Å²) in [6, 6.07) is 7.08. The standard InChI is InChI=1S/C21H25N7O2/c1-14-19(15(2)24-21(23-14)27-10-8-26(3)9-11-27)25-18(29)12-28-13-22-17-7-5-4-6-16(17)20(28)30/h4-7,13H,8-12H2,1-3H3,(H,25,29). The molecule has 156 valence electrons. The van der Waals surface area contributed by atoms with E-state index in [-0.39, 0.29) is 18.0 Å². The summed E-state index contributed by atoms with van der Waals surface area (Å²) in [7, 11) is 2.10. The van der Waals surface area contributed by atoms with E-state index >= 15 is 0 Å². The molecule has 4 rings (SSSR count). The maximum atomic E-state index is 12.6. The van der Waals surface area contributed by atoms with Gasteiger partial charge in [0.05, 0.1) is 34.3 Å². The van der Waals surface area contributed by atoms with Gasteiger partial charge in [0.15, 0.2) is 0 Å². The average Bonchev–Trinajstić information content (AvgIpc) is 2.73. The fourth-order valence-corrected chi connectivity index (χ4v) is 3.58. The molecular weight excluding hydrogens is 382 g/mol. The van der Waals surface area contributed by atoms with Crippen molar-refractivity contribution in [2.75, 3.05) is 43.4 Å². The van der Waals surface area contributed by atoms with Gasteiger partial charge in [-0.15, -0.1) is 0 Å². The molecular formula is C21H25N7O2. The minimum absolute atomic E-state index is 0.129. The molecule has 1 fully saturated rings. The number of hydrogen-bond acceptors (Lipinski definition) is 7. The van der Waals surface area contributed by atoms with Crippen molar-refractivity contribution in [1.82, 2.24) is 24.4 Å². The number of piperazine rings is 1. The summed E-state index contributed by atoms with van der Waals surface area (Å²) in [4.78, 5) is 43.1. The van der Waals surface area contributed by atoms with Gasteiger partial charge in [-0.3, -0.25) is 14.2 Å². The predicted octanol–water partition coefficient (Wildman–Crippen LogP) is 1.19. The van der Waals surface area contributed by atoms with E-state index in [2.05, 4.69) is 37.1 Å². The Kier molecular flexibility index (Phi) is 5.45. The molecule has 3 aromatic rings. The Balaban J connectivity index is 1.51. The second kappa shape index (κ2) is 8.19. The van der Waals surface area contributed by atoms with Crippen LogP contribution in [0.2, 0.25) is 0 Å². The van der Waals surface area contributed by atoms with Crippen molar-refractivity contribution in [2.24, 2.45) is 0 Å². The molecule has 0 unspecified atom stereocenters. The SMILES string of the molecule is Cc1nc(N2CCN(C)CC2)nc(C)c1NC(=O)Cn1cnc2ccccc2c1=O. The van der Waals surface area contributed by atoms with E-state index in [9.17, 15) is 9.59 Å². The molecule has 9 heteroatoms. The molecule has 1 aromatic carbocycles. The van der Waals surface area contributed by atoms with Crippen LogP contribution in [0.4, 0.5) is 11.6 Å². The number of carbonyl (C=O) groups is 1. The normalized spacial score (nSPS) is 14.8. The van der Waals surface area contributed by atoms with Gasteiger partial charge in [-0.1, -0.05) is 12.1 Å². The maximum absolute atomic E-state index is 12.6. The third-order valence-electron chi connectivity index (χ3n) is 5.36. The molecule has 30 heavy (non-hydrogen) atoms. The minimum atomic E-state index is -0.323. The van der Waals surface area contributed by atoms with Gasteiger partial charge < -0.3 is 15.1 Å². The highest BCUT2D eigenvalue weighted by Gasteiger charge is 2.19. The van der Waals surface area contributed by atoms with Crippen LogP contribution in [0.1, 0.15) is 11.4 Å². The number of rotatable bonds is 4. The molecule has 1 amide bonds. The van der Waals surface area contributed by atoms with Gasteiger partial charge in [-0.2, -0.15) is 0 Å². The number of likely N-dealkylation sites (N-methyl/N-ethyl adjacent to an activating group) is 1. The van der Waals surface area contributed by atoms with Crippen LogP contribution < -0.4 is 15.8 Å². The second-order valence-electron chi connectivity index (χ2n) is 7.60. The lowest BCUT2D eigenvalue weighted by molar-refractivity contribution is -0.116. The van der Waals surface area contributed by atoms with Crippen LogP contribution in [0.5, 0.6) is 0 Å². The van der Waals surface area contributed by atoms with Crippen molar-refractivity contribution in [3.8, 4) is 0 Å². The first-order chi connectivity index (χ1) is 14.4. The van der Waals surface area contributed by atoms with E-state index in [0.717, 1.165) is 26.2 Å². The Morgan fingerprint density at radius 3 is 2.43 bits per heavy atom. The molecule has 2 aromatic heterocycles. The molecule has 1 N–H and O–H groups in total. The molecule has 1 aliphatic rings. The predicted molar refractivity (Wildman–Crippen MR) is 116 cm³/mol. The molecule has 0 aliphatic carbocycles. The van der Waals surface area contributed by atoms with E-state index in [0.29, 0.717) is 33.9 Å². The summed E-state index contributed by atoms with van der Waals surface area (Å²) in [5.74, 6) is 0.363. The number of anilines is 2. The quantitative estimate of drug-likeness (QED) is 0.694. The minimum Gasteiger partial charge on any atom is -0.338 e. The Morgan fingerprint density at radius 1 is 1.07 bits per heavy atom. The number of carbonyl (C=O) groups excluding carboxylic acids is 1. The lowest BCUT2D eigenvalue weighted by Crippen LogP contribution is -2.45. The van der Waals surface area contributed by atoms with Gasteiger partial charge in [0.25, 0.3) is 5.56 Å². The van der Waals surface area contributed by atoms with Gasteiger partial charge in [0.2, 0.25) is 11.9 Å². The van der Waals surface area contributed by atoms with Gasteiger partial charge >= 0.3 is 0 Å². The van der Waals surface area contributed by atoms with E-state index in [1.165, 1.54) is 10.9 Å². The zero-order valence-corrected chi connectivity index (χ0v) is 17.4. The van der Waals surface area contributed by atoms with Crippen molar-refractivity contribution in [1.29, 1.82) is 0 Å². The van der Waals surface area contributed by atoms with E-state index in [4.69, 9.17) is 0 Å². The fourth-order valence-electron chi connectivity index (χ4n) is 3.58. The summed E-state index contributed by atoms with van der Waals surface area (Å²) >= 11 is 0. The topological polar surface area (TPSA) is 96.2 Å². The molecule has 1 saturated heterocycles. The maximum Gasteiger partial charge on any atom is 0.261 e. The highest BCUT2D eigenvalue weighted by Crippen LogP contribution is 2.21. The van der Waals surface area contributed by atoms with Gasteiger partial charge in [-0.05, 0) is 33.0 Å². The van der Waals surface area contributed by atoms with Crippen LogP contribution in [0, 0.1) is 13.8 Å². The first-order valence-corrected chi connectivity index (χ1v) is 9.95. The molecule has 0 atom stereocenters. The summed E-state index contributed by atoms with van der Waals surface area (Å²) in [5.41, 5.74) is 2.35. The van der Waals surface area contributed by atoms with Crippen molar-refractivity contribution in [2.45, 2.75) is 20.4 Å². The summed E-state index contributed by atoms with van der Waals surface area (Å²) in [5, 5.41) is 3.35. The van der Waals surface area contributed by atoms with Crippen molar-refractivity contribution in [3.05, 3.63) is 52.3 Å². The highest BCUT2D eigenvalue weighted by atomic mass is 16.2. The number of para-hydroxylation sites is 1. The number of fused-ring (bicyclic) bond motifs is 1. The molecule has 0 saturated carbocycles. The molecule has 9 nitrogen and oxygen atoms in total. The van der Waals surface area contributed by atoms with Crippen molar-refractivity contribution < 1.29 is 4.79 Å². The van der Waals surface area contributed by atoms with Crippen LogP contribution in [0.3, 0.4) is 0 Å². The lowest BCUT2D eigenvalue weighted by Gasteiger charge is -2.32. The number of aromatic nitrogens is 4. The second-order valence-corrected chi connectivity index (χ2v) is 7.60. The number of hydrogen-bond donors (Lipinski definition) is 1. The first-order valence-electron chi connectivity index (χ1n) is 9.95. The van der Waals surface area contributed by atoms with Gasteiger partial charge in [0.1, 0.15) is 6.54 Å². The Labute approximate surface area is 174 Å². The number of nitrogens with zero attached hydrogens (tertiary/aromatic N) is 6. The molecule has 0 bridgehead atoms. The first kappa shape index (κ1) is 20.0. The lowest BCUT2D eigenvalue weighted by atomic mass is 10.2. The van der Waals surface area contributed by atoms with Gasteiger partial charge in [0, 0.05) is 26.2 Å². The van der Waals surface area contributed by atoms with Crippen LogP contribution in [-0.4, -0.2) is 63.6 Å². The number of amides is 1. The molecule has 0 spiro atoms. The van der Waals surface area contributed by atoms with Crippen molar-refractivity contribution in [3.63, 3.8) is 0 Å². The Hall–Kier alpha value is -3.33. The molecule has 3 heterocycles. The van der Waals surface area contributed by atoms with Crippen molar-refractivity contribution >= 4 is 28.4 Å². The summed E-state index contributed by atoms with van der Waals surface area (Å²) in [6.07, 6.45) is 1.40. The zero-order valence-electron chi connectivity index (χ0n) is 17.4. The highest BCUT2D eigenvalue weighted by molar-refractivity contribution is 5.92. The van der Waals surface area contributed by atoms with Crippen LogP contribution in [0.15, 0.2) is 35.4 Å². The fraction of sp³-hybridized carbons (Fsp3) is 0.381. The number of benzene rings is 1. The molecule has 1 aliphatic heterocycles. The largest absolute Gasteiger partial charge is 0.338 e. The summed E-state index contributed by atoms with van der Waals surface area (Å²) in [6.45, 7) is 7.26. The smallest absolute Gasteiger partial charge is 0.261 e. The average molecular weight is 407 g/mol. The van der Waals surface area contributed by atoms with Crippen LogP contribution in [0.25, 0.3) is 10.9 Å².